The van der Waals surface area contributed by atoms with Crippen LogP contribution in [0.15, 0.2) is 29.2 Å². The van der Waals surface area contributed by atoms with E-state index in [0.717, 1.165) is 0 Å². The second-order valence-electron chi connectivity index (χ2n) is 2.84. The van der Waals surface area contributed by atoms with Gasteiger partial charge in [0.2, 0.25) is 16.3 Å². The van der Waals surface area contributed by atoms with E-state index in [4.69, 9.17) is 12.6 Å². The molecule has 85 valence electrons. The first kappa shape index (κ1) is 10.8. The summed E-state index contributed by atoms with van der Waals surface area (Å²) in [4.78, 5) is 9.90. The van der Waals surface area contributed by atoms with Crippen LogP contribution < -0.4 is 10.4 Å². The van der Waals surface area contributed by atoms with Crippen LogP contribution in [0.1, 0.15) is 5.56 Å². The van der Waals surface area contributed by atoms with Crippen molar-refractivity contribution in [3.63, 3.8) is 0 Å². The van der Waals surface area contributed by atoms with E-state index < -0.39 is 16.6 Å². The third-order valence-electron chi connectivity index (χ3n) is 1.76. The van der Waals surface area contributed by atoms with Gasteiger partial charge in [-0.25, -0.2) is 13.1 Å². The molecule has 16 heavy (non-hydrogen) atoms. The van der Waals surface area contributed by atoms with Crippen LogP contribution in [0.3, 0.4) is 0 Å². The van der Waals surface area contributed by atoms with E-state index in [2.05, 4.69) is 0 Å². The number of nitrogens with one attached hydrogen (secondary N) is 2. The van der Waals surface area contributed by atoms with E-state index in [1.165, 1.54) is 30.6 Å². The quantitative estimate of drug-likeness (QED) is 0.470. The molecule has 0 amide bonds. The van der Waals surface area contributed by atoms with Crippen LogP contribution in [-0.2, 0) is 14.8 Å². The highest BCUT2D eigenvalue weighted by Gasteiger charge is 2.12. The van der Waals surface area contributed by atoms with E-state index in [-0.39, 0.29) is 15.4 Å². The van der Waals surface area contributed by atoms with Gasteiger partial charge in [0.05, 0.1) is 11.4 Å². The molecule has 1 aromatic rings. The largest absolute Gasteiger partial charge is 0.384 e. The number of hydrogen-bond acceptors (Lipinski definition) is 4. The molecule has 7 heteroatoms. The lowest BCUT2D eigenvalue weighted by molar-refractivity contribution is 0.550. The molecule has 0 saturated heterocycles. The SMILES string of the molecule is [2H]N(C[C]=O)S(=O)(=O)c1ccc(C(=N)N)cc1. The lowest BCUT2D eigenvalue weighted by Gasteiger charge is -2.04. The van der Waals surface area contributed by atoms with Crippen molar-refractivity contribution in [2.75, 3.05) is 6.54 Å². The van der Waals surface area contributed by atoms with Crippen LogP contribution in [0, 0.1) is 5.41 Å². The Kier molecular flexibility index (Phi) is 3.28. The molecule has 0 saturated carbocycles. The second-order valence-corrected chi connectivity index (χ2v) is 4.52. The number of sulfonamides is 1. The van der Waals surface area contributed by atoms with Crippen molar-refractivity contribution in [3.05, 3.63) is 29.8 Å². The van der Waals surface area contributed by atoms with Gasteiger partial charge in [0.25, 0.3) is 0 Å². The first-order chi connectivity index (χ1) is 7.89. The molecule has 0 heterocycles. The number of hydrogen-bond donors (Lipinski definition) is 3. The smallest absolute Gasteiger partial charge is 0.240 e. The van der Waals surface area contributed by atoms with E-state index in [0.29, 0.717) is 5.56 Å². The number of carbonyl (C=O) groups excluding carboxylic acids is 1. The molecule has 1 aromatic carbocycles. The Morgan fingerprint density at radius 1 is 1.50 bits per heavy atom. The predicted octanol–water partition coefficient (Wildman–Crippen LogP) is -0.641. The van der Waals surface area contributed by atoms with Crippen molar-refractivity contribution in [3.8, 4) is 0 Å². The molecule has 0 aliphatic heterocycles. The number of nitrogen functional groups attached to an aromatic ring is 1. The lowest BCUT2D eigenvalue weighted by Crippen LogP contribution is -2.25. The fraction of sp³-hybridized carbons (Fsp3) is 0.111. The molecular weight excluding hydrogens is 230 g/mol. The molecular formula is C9H10N3O3S. The molecule has 0 unspecified atom stereocenters. The maximum absolute atomic E-state index is 11.7. The molecule has 0 spiro atoms. The molecule has 4 N–H and O–H groups in total. The topological polar surface area (TPSA) is 113 Å². The van der Waals surface area contributed by atoms with Gasteiger partial charge in [-0.1, -0.05) is 0 Å². The van der Waals surface area contributed by atoms with Crippen LogP contribution in [0.5, 0.6) is 0 Å². The maximum Gasteiger partial charge on any atom is 0.240 e. The molecule has 1 rings (SSSR count). The third-order valence-corrected chi connectivity index (χ3v) is 3.10. The van der Waals surface area contributed by atoms with Gasteiger partial charge in [0.15, 0.2) is 0 Å². The number of nitrogens with two attached hydrogens (primary N) is 1. The highest BCUT2D eigenvalue weighted by atomic mass is 32.2. The average Bonchev–Trinajstić information content (AvgIpc) is 2.29. The Labute approximate surface area is 94.5 Å². The molecule has 0 atom stereocenters. The summed E-state index contributed by atoms with van der Waals surface area (Å²) < 4.78 is 30.7. The van der Waals surface area contributed by atoms with Crippen molar-refractivity contribution in [2.45, 2.75) is 4.90 Å². The first-order valence-electron chi connectivity index (χ1n) is 4.65. The van der Waals surface area contributed by atoms with Gasteiger partial charge >= 0.3 is 0 Å². The molecule has 1 radical (unpaired) electrons. The standard InChI is InChI=1S/C9H10N3O3S/c10-9(11)7-1-3-8(4-2-7)16(14,15)12-5-6-13/h1-4,12H,5H2,(H3,10,11)/i/hD. The summed E-state index contributed by atoms with van der Waals surface area (Å²) in [5, 5.41) is 7.14. The molecule has 0 aliphatic rings. The summed E-state index contributed by atoms with van der Waals surface area (Å²) >= 11 is 0. The minimum Gasteiger partial charge on any atom is -0.384 e. The third kappa shape index (κ3) is 2.88. The number of amidine groups is 1. The molecule has 0 fully saturated rings. The van der Waals surface area contributed by atoms with Crippen molar-refractivity contribution in [1.29, 1.82) is 5.41 Å². The zero-order valence-electron chi connectivity index (χ0n) is 9.17. The summed E-state index contributed by atoms with van der Waals surface area (Å²) in [7, 11) is -4.02. The van der Waals surface area contributed by atoms with E-state index in [1.807, 2.05) is 0 Å². The van der Waals surface area contributed by atoms with Gasteiger partial charge in [-0.15, -0.1) is 0 Å². The molecule has 6 nitrogen and oxygen atoms in total. The highest BCUT2D eigenvalue weighted by molar-refractivity contribution is 7.89. The van der Waals surface area contributed by atoms with Crippen LogP contribution in [0.2, 0.25) is 1.41 Å². The Morgan fingerprint density at radius 3 is 2.50 bits per heavy atom. The van der Waals surface area contributed by atoms with Gasteiger partial charge in [0.1, 0.15) is 7.25 Å². The van der Waals surface area contributed by atoms with E-state index >= 15 is 0 Å². The van der Waals surface area contributed by atoms with Gasteiger partial charge < -0.3 is 5.73 Å². The fourth-order valence-electron chi connectivity index (χ4n) is 0.992. The van der Waals surface area contributed by atoms with Gasteiger partial charge in [-0.05, 0) is 24.3 Å². The van der Waals surface area contributed by atoms with Gasteiger partial charge in [0, 0.05) is 5.56 Å². The first-order valence-corrected chi connectivity index (χ1v) is 5.64. The minimum atomic E-state index is -4.02. The van der Waals surface area contributed by atoms with E-state index in [1.54, 1.807) is 0 Å². The van der Waals surface area contributed by atoms with Gasteiger partial charge in [-0.3, -0.25) is 10.2 Å². The highest BCUT2D eigenvalue weighted by Crippen LogP contribution is 2.09. The van der Waals surface area contributed by atoms with E-state index in [9.17, 15) is 13.2 Å². The van der Waals surface area contributed by atoms with Crippen LogP contribution >= 0.6 is 0 Å². The maximum atomic E-state index is 11.7. The van der Waals surface area contributed by atoms with Crippen molar-refractivity contribution in [2.24, 2.45) is 5.73 Å². The molecule has 0 aromatic heterocycles. The van der Waals surface area contributed by atoms with Crippen molar-refractivity contribution >= 4 is 22.1 Å². The zero-order chi connectivity index (χ0) is 13.1. The fourth-order valence-corrected chi connectivity index (χ4v) is 1.84. The summed E-state index contributed by atoms with van der Waals surface area (Å²) in [6.07, 6.45) is 1.33. The summed E-state index contributed by atoms with van der Waals surface area (Å²) in [6, 6.07) is 5.15. The lowest BCUT2D eigenvalue weighted by atomic mass is 10.2. The van der Waals surface area contributed by atoms with Crippen LogP contribution in [0.25, 0.3) is 0 Å². The second kappa shape index (κ2) is 4.86. The van der Waals surface area contributed by atoms with Gasteiger partial charge in [-0.2, -0.15) is 0 Å². The predicted molar refractivity (Wildman–Crippen MR) is 58.3 cm³/mol. The Balaban J connectivity index is 3.08. The normalized spacial score (nSPS) is 12.2. The van der Waals surface area contributed by atoms with Crippen LogP contribution in [0.4, 0.5) is 0 Å². The van der Waals surface area contributed by atoms with Crippen LogP contribution in [-0.4, -0.2) is 27.1 Å². The minimum absolute atomic E-state index is 0.142. The summed E-state index contributed by atoms with van der Waals surface area (Å²) in [6.45, 7) is -0.656. The number of benzene rings is 1. The monoisotopic (exact) mass is 241 g/mol. The Bertz CT molecular complexity index is 527. The Hall–Kier alpha value is -1.73. The number of rotatable bonds is 5. The molecule has 0 aliphatic carbocycles. The zero-order valence-corrected chi connectivity index (χ0v) is 8.99. The summed E-state index contributed by atoms with van der Waals surface area (Å²) in [5.74, 6) is -0.182. The average molecular weight is 241 g/mol. The van der Waals surface area contributed by atoms with Crippen molar-refractivity contribution < 1.29 is 14.6 Å². The summed E-state index contributed by atoms with van der Waals surface area (Å²) in [5.41, 5.74) is 5.59. The molecule has 0 bridgehead atoms. The van der Waals surface area contributed by atoms with Crippen molar-refractivity contribution in [1.82, 2.24) is 4.72 Å². The Morgan fingerprint density at radius 2 is 2.06 bits per heavy atom.